The molecular weight excluding hydrogens is 384 g/mol. The van der Waals surface area contributed by atoms with Crippen molar-refractivity contribution in [2.45, 2.75) is 11.8 Å². The Morgan fingerprint density at radius 1 is 0.643 bits per heavy atom. The van der Waals surface area contributed by atoms with Crippen molar-refractivity contribution in [3.05, 3.63) is 71.8 Å². The first-order valence-electron chi connectivity index (χ1n) is 9.27. The van der Waals surface area contributed by atoms with E-state index in [1.54, 1.807) is 11.3 Å². The molecule has 2 nitrogen and oxygen atoms in total. The normalized spacial score (nSPS) is 20.9. The molecule has 4 heteroatoms. The lowest BCUT2D eigenvalue weighted by Gasteiger charge is -2.31. The van der Waals surface area contributed by atoms with Crippen LogP contribution in [0.3, 0.4) is 0 Å². The third kappa shape index (κ3) is 1.73. The Hall–Kier alpha value is -2.82. The van der Waals surface area contributed by atoms with Crippen LogP contribution in [-0.2, 0) is 9.59 Å². The van der Waals surface area contributed by atoms with E-state index in [0.717, 1.165) is 11.1 Å². The fraction of sp³-hybridized carbons (Fsp3) is 0.0833. The Bertz CT molecular complexity index is 1560. The molecule has 132 valence electrons. The third-order valence-corrected chi connectivity index (χ3v) is 8.63. The summed E-state index contributed by atoms with van der Waals surface area (Å²) in [4.78, 5) is 24.7. The molecule has 2 atom stereocenters. The number of fused-ring (bicyclic) bond motifs is 7. The molecule has 2 unspecified atom stereocenters. The van der Waals surface area contributed by atoms with E-state index >= 15 is 0 Å². The number of thiophene rings is 2. The molecule has 0 N–H and O–H groups in total. The molecule has 8 rings (SSSR count). The number of carbonyl (C=O) groups is 2. The van der Waals surface area contributed by atoms with Gasteiger partial charge in [0.1, 0.15) is 0 Å². The molecule has 0 radical (unpaired) electrons. The van der Waals surface area contributed by atoms with Crippen LogP contribution in [0.5, 0.6) is 0 Å². The summed E-state index contributed by atoms with van der Waals surface area (Å²) in [6, 6.07) is 17.4. The summed E-state index contributed by atoms with van der Waals surface area (Å²) in [5, 5.41) is 5.03. The van der Waals surface area contributed by atoms with Crippen LogP contribution in [0.2, 0.25) is 0 Å². The van der Waals surface area contributed by atoms with Gasteiger partial charge in [0.2, 0.25) is 11.6 Å². The van der Waals surface area contributed by atoms with Crippen molar-refractivity contribution in [3.8, 4) is 0 Å². The van der Waals surface area contributed by atoms with Gasteiger partial charge in [-0.15, -0.1) is 22.7 Å². The molecule has 0 amide bonds. The zero-order valence-corrected chi connectivity index (χ0v) is 16.2. The van der Waals surface area contributed by atoms with Gasteiger partial charge in [0, 0.05) is 20.2 Å². The maximum Gasteiger partial charge on any atom is 0.210 e. The maximum atomic E-state index is 12.4. The van der Waals surface area contributed by atoms with Crippen LogP contribution >= 0.6 is 22.7 Å². The number of hydrogen-bond acceptors (Lipinski definition) is 4. The second-order valence-corrected chi connectivity index (χ2v) is 9.71. The molecule has 2 aromatic heterocycles. The van der Waals surface area contributed by atoms with Crippen LogP contribution in [0.25, 0.3) is 40.3 Å². The number of ketones is 2. The monoisotopic (exact) mass is 396 g/mol. The van der Waals surface area contributed by atoms with Gasteiger partial charge in [0.05, 0.1) is 21.2 Å². The zero-order chi connectivity index (χ0) is 18.6. The van der Waals surface area contributed by atoms with Gasteiger partial charge in [-0.1, -0.05) is 36.4 Å². The first kappa shape index (κ1) is 15.1. The maximum absolute atomic E-state index is 12.4. The van der Waals surface area contributed by atoms with Crippen LogP contribution in [0.4, 0.5) is 0 Å². The summed E-state index contributed by atoms with van der Waals surface area (Å²) < 4.78 is 5.10. The van der Waals surface area contributed by atoms with Gasteiger partial charge < -0.3 is 0 Å². The van der Waals surface area contributed by atoms with E-state index in [0.29, 0.717) is 0 Å². The summed E-state index contributed by atoms with van der Waals surface area (Å²) in [7, 11) is 0. The highest BCUT2D eigenvalue weighted by Crippen LogP contribution is 2.49. The van der Waals surface area contributed by atoms with Crippen molar-refractivity contribution >= 4 is 74.6 Å². The van der Waals surface area contributed by atoms with Crippen molar-refractivity contribution < 1.29 is 9.59 Å². The van der Waals surface area contributed by atoms with Crippen molar-refractivity contribution in [1.82, 2.24) is 0 Å². The van der Waals surface area contributed by atoms with Gasteiger partial charge in [-0.25, -0.2) is 0 Å². The molecule has 3 aliphatic rings. The number of carbonyl (C=O) groups excluding carboxylic acids is 2. The lowest BCUT2D eigenvalue weighted by atomic mass is 9.70. The summed E-state index contributed by atoms with van der Waals surface area (Å²) in [6.07, 6.45) is 3.81. The first-order valence-corrected chi connectivity index (χ1v) is 10.9. The summed E-state index contributed by atoms with van der Waals surface area (Å²) in [6.45, 7) is 0. The van der Waals surface area contributed by atoms with E-state index in [1.807, 2.05) is 23.5 Å². The molecule has 28 heavy (non-hydrogen) atoms. The van der Waals surface area contributed by atoms with Crippen LogP contribution < -0.4 is 0 Å². The van der Waals surface area contributed by atoms with Crippen molar-refractivity contribution in [3.63, 3.8) is 0 Å². The molecule has 3 aromatic carbocycles. The highest BCUT2D eigenvalue weighted by atomic mass is 32.1. The zero-order valence-electron chi connectivity index (χ0n) is 14.6. The second kappa shape index (κ2) is 4.96. The van der Waals surface area contributed by atoms with Crippen molar-refractivity contribution in [2.75, 3.05) is 0 Å². The van der Waals surface area contributed by atoms with E-state index in [4.69, 9.17) is 0 Å². The minimum absolute atomic E-state index is 0.255. The molecule has 0 saturated heterocycles. The average molecular weight is 396 g/mol. The fourth-order valence-electron chi connectivity index (χ4n) is 4.75. The summed E-state index contributed by atoms with van der Waals surface area (Å²) >= 11 is 3.62. The Balaban J connectivity index is 1.58. The minimum Gasteiger partial charge on any atom is -0.290 e. The van der Waals surface area contributed by atoms with Crippen LogP contribution in [0.15, 0.2) is 60.7 Å². The molecule has 2 bridgehead atoms. The van der Waals surface area contributed by atoms with Gasteiger partial charge in [0.15, 0.2) is 0 Å². The van der Waals surface area contributed by atoms with Gasteiger partial charge in [0.25, 0.3) is 0 Å². The van der Waals surface area contributed by atoms with E-state index < -0.39 is 11.8 Å². The van der Waals surface area contributed by atoms with E-state index in [2.05, 4.69) is 48.5 Å². The van der Waals surface area contributed by atoms with Crippen LogP contribution in [0.1, 0.15) is 23.0 Å². The summed E-state index contributed by atoms with van der Waals surface area (Å²) in [5.41, 5.74) is 2.04. The standard InChI is InChI=1S/C24H12O2S2/c25-21-13-5-6-14(22(21)26)16-10-20-18(9-15(13)16)24-23(28-20)17-7-11-3-1-2-4-12(11)8-19(17)27-24/h1-10,13-14H. The SMILES string of the molecule is O=C1C(=O)C2C=CC1c1cc3sc4c5cc6ccccc6cc5sc4c3cc12. The van der Waals surface area contributed by atoms with E-state index in [9.17, 15) is 9.59 Å². The molecule has 0 fully saturated rings. The quantitative estimate of drug-likeness (QED) is 0.227. The Morgan fingerprint density at radius 2 is 1.18 bits per heavy atom. The molecule has 5 aromatic rings. The Morgan fingerprint density at radius 3 is 1.86 bits per heavy atom. The first-order chi connectivity index (χ1) is 13.7. The topological polar surface area (TPSA) is 34.1 Å². The minimum atomic E-state index is -0.399. The summed E-state index contributed by atoms with van der Waals surface area (Å²) in [5.74, 6) is -1.30. The number of rotatable bonds is 0. The molecule has 0 aliphatic heterocycles. The Kier molecular flexibility index (Phi) is 2.68. The van der Waals surface area contributed by atoms with Crippen LogP contribution in [-0.4, -0.2) is 11.6 Å². The molecule has 3 aliphatic carbocycles. The highest BCUT2D eigenvalue weighted by Gasteiger charge is 2.42. The van der Waals surface area contributed by atoms with E-state index in [-0.39, 0.29) is 11.6 Å². The fourth-order valence-corrected chi connectivity index (χ4v) is 7.45. The van der Waals surface area contributed by atoms with Crippen LogP contribution in [0, 0.1) is 0 Å². The molecule has 2 heterocycles. The molecular formula is C24H12O2S2. The smallest absolute Gasteiger partial charge is 0.210 e. The van der Waals surface area contributed by atoms with E-state index in [1.165, 1.54) is 40.3 Å². The highest BCUT2D eigenvalue weighted by molar-refractivity contribution is 7.36. The van der Waals surface area contributed by atoms with Gasteiger partial charge >= 0.3 is 0 Å². The second-order valence-electron chi connectivity index (χ2n) is 7.60. The lowest BCUT2D eigenvalue weighted by Crippen LogP contribution is -2.35. The average Bonchev–Trinajstić information content (AvgIpc) is 3.23. The molecule has 0 spiro atoms. The van der Waals surface area contributed by atoms with Gasteiger partial charge in [-0.05, 0) is 46.2 Å². The third-order valence-electron chi connectivity index (χ3n) is 6.13. The van der Waals surface area contributed by atoms with Crippen molar-refractivity contribution in [2.24, 2.45) is 0 Å². The number of hydrogen-bond donors (Lipinski definition) is 0. The number of allylic oxidation sites excluding steroid dienone is 2. The molecule has 0 saturated carbocycles. The predicted octanol–water partition coefficient (Wildman–Crippen LogP) is 6.31. The van der Waals surface area contributed by atoms with Gasteiger partial charge in [-0.2, -0.15) is 0 Å². The number of benzene rings is 3. The van der Waals surface area contributed by atoms with Gasteiger partial charge in [-0.3, -0.25) is 9.59 Å². The van der Waals surface area contributed by atoms with Crippen molar-refractivity contribution in [1.29, 1.82) is 0 Å². The predicted molar refractivity (Wildman–Crippen MR) is 117 cm³/mol. The largest absolute Gasteiger partial charge is 0.290 e. The number of Topliss-reactive ketones (excluding diaryl/α,β-unsaturated/α-hetero) is 2. The lowest BCUT2D eigenvalue weighted by molar-refractivity contribution is -0.138. The Labute approximate surface area is 167 Å².